The van der Waals surface area contributed by atoms with E-state index in [0.717, 1.165) is 22.1 Å². The number of hydrogen-bond donors (Lipinski definition) is 0. The van der Waals surface area contributed by atoms with Gasteiger partial charge in [0.2, 0.25) is 5.76 Å². The highest BCUT2D eigenvalue weighted by Crippen LogP contribution is 2.38. The molecular weight excluding hydrogens is 246 g/mol. The number of fused-ring (bicyclic) bond motifs is 1. The van der Waals surface area contributed by atoms with Crippen molar-refractivity contribution in [3.05, 3.63) is 34.6 Å². The zero-order chi connectivity index (χ0) is 15.3. The van der Waals surface area contributed by atoms with E-state index in [1.807, 2.05) is 0 Å². The van der Waals surface area contributed by atoms with Crippen LogP contribution < -0.4 is 0 Å². The Balaban J connectivity index is 2.91. The Morgan fingerprint density at radius 2 is 1.60 bits per heavy atom. The number of nitriles is 1. The second kappa shape index (κ2) is 4.38. The van der Waals surface area contributed by atoms with Crippen molar-refractivity contribution in [1.82, 2.24) is 0 Å². The van der Waals surface area contributed by atoms with E-state index >= 15 is 0 Å². The van der Waals surface area contributed by atoms with Crippen molar-refractivity contribution in [2.75, 3.05) is 0 Å². The van der Waals surface area contributed by atoms with Crippen LogP contribution in [0.5, 0.6) is 0 Å². The molecule has 0 saturated heterocycles. The van der Waals surface area contributed by atoms with Crippen LogP contribution in [0.3, 0.4) is 0 Å². The first-order chi connectivity index (χ1) is 9.05. The lowest BCUT2D eigenvalue weighted by atomic mass is 9.81. The molecule has 2 heteroatoms. The minimum atomic E-state index is -0.112. The lowest BCUT2D eigenvalue weighted by molar-refractivity contribution is 0.545. The number of rotatable bonds is 0. The van der Waals surface area contributed by atoms with Crippen molar-refractivity contribution in [2.24, 2.45) is 0 Å². The van der Waals surface area contributed by atoms with E-state index in [-0.39, 0.29) is 10.8 Å². The molecule has 0 aliphatic carbocycles. The third-order valence-corrected chi connectivity index (χ3v) is 3.69. The van der Waals surface area contributed by atoms with E-state index in [2.05, 4.69) is 66.7 Å². The molecule has 0 saturated carbocycles. The molecule has 1 aromatic carbocycles. The van der Waals surface area contributed by atoms with Gasteiger partial charge in [-0.05, 0) is 34.9 Å². The van der Waals surface area contributed by atoms with Gasteiger partial charge in [0, 0.05) is 10.9 Å². The summed E-state index contributed by atoms with van der Waals surface area (Å²) in [6, 6.07) is 6.56. The quantitative estimate of drug-likeness (QED) is 0.658. The van der Waals surface area contributed by atoms with E-state index in [1.165, 1.54) is 5.56 Å². The monoisotopic (exact) mass is 269 g/mol. The first kappa shape index (κ1) is 14.7. The summed E-state index contributed by atoms with van der Waals surface area (Å²) in [4.78, 5) is 0. The van der Waals surface area contributed by atoms with E-state index in [9.17, 15) is 5.26 Å². The summed E-state index contributed by atoms with van der Waals surface area (Å²) in [5.41, 5.74) is 4.21. The summed E-state index contributed by atoms with van der Waals surface area (Å²) in [5.74, 6) is 0.446. The van der Waals surface area contributed by atoms with E-state index in [0.29, 0.717) is 5.76 Å². The van der Waals surface area contributed by atoms with Gasteiger partial charge in [-0.1, -0.05) is 47.6 Å². The topological polar surface area (TPSA) is 36.9 Å². The van der Waals surface area contributed by atoms with Crippen molar-refractivity contribution in [2.45, 2.75) is 59.3 Å². The Morgan fingerprint density at radius 1 is 1.00 bits per heavy atom. The molecule has 0 N–H and O–H groups in total. The van der Waals surface area contributed by atoms with Gasteiger partial charge in [0.15, 0.2) is 0 Å². The maximum Gasteiger partial charge on any atom is 0.208 e. The molecule has 0 spiro atoms. The molecule has 0 aliphatic heterocycles. The second-order valence-corrected chi connectivity index (χ2v) is 7.59. The third-order valence-electron chi connectivity index (χ3n) is 3.69. The van der Waals surface area contributed by atoms with Gasteiger partial charge in [-0.25, -0.2) is 0 Å². The molecule has 2 nitrogen and oxygen atoms in total. The van der Waals surface area contributed by atoms with Gasteiger partial charge in [-0.15, -0.1) is 0 Å². The van der Waals surface area contributed by atoms with Crippen LogP contribution >= 0.6 is 0 Å². The van der Waals surface area contributed by atoms with Crippen molar-refractivity contribution in [1.29, 1.82) is 5.26 Å². The molecular formula is C18H23NO. The lowest BCUT2D eigenvalue weighted by Gasteiger charge is -2.21. The highest BCUT2D eigenvalue weighted by Gasteiger charge is 2.27. The number of hydrogen-bond acceptors (Lipinski definition) is 2. The van der Waals surface area contributed by atoms with Crippen LogP contribution in [0, 0.1) is 18.3 Å². The Kier molecular flexibility index (Phi) is 3.21. The predicted octanol–water partition coefficient (Wildman–Crippen LogP) is 5.21. The summed E-state index contributed by atoms with van der Waals surface area (Å²) in [6.45, 7) is 15.0. The van der Waals surface area contributed by atoms with Gasteiger partial charge in [0.25, 0.3) is 0 Å². The maximum absolute atomic E-state index is 9.36. The number of nitrogens with zero attached hydrogens (tertiary/aromatic N) is 1. The molecule has 0 aliphatic rings. The number of furan rings is 1. The van der Waals surface area contributed by atoms with Crippen LogP contribution in [0.1, 0.15) is 64.0 Å². The predicted molar refractivity (Wildman–Crippen MR) is 83.1 cm³/mol. The first-order valence-corrected chi connectivity index (χ1v) is 7.04. The summed E-state index contributed by atoms with van der Waals surface area (Å²) in [7, 11) is 0. The zero-order valence-corrected chi connectivity index (χ0v) is 13.5. The number of aryl methyl sites for hydroxylation is 1. The SMILES string of the molecule is Cc1cc(C(C)(C)C)cc2c(C(C)(C)C)c(C#N)oc12. The molecule has 1 heterocycles. The standard InChI is InChI=1S/C18H23NO/c1-11-8-12(17(2,3)4)9-13-15(18(5,6)7)14(10-19)20-16(11)13/h8-9H,1-7H3. The van der Waals surface area contributed by atoms with Gasteiger partial charge in [-0.3, -0.25) is 0 Å². The molecule has 106 valence electrons. The fourth-order valence-corrected chi connectivity index (χ4v) is 2.63. The fraction of sp³-hybridized carbons (Fsp3) is 0.500. The highest BCUT2D eigenvalue weighted by molar-refractivity contribution is 5.87. The average molecular weight is 269 g/mol. The largest absolute Gasteiger partial charge is 0.445 e. The summed E-state index contributed by atoms with van der Waals surface area (Å²) < 4.78 is 5.81. The van der Waals surface area contributed by atoms with Gasteiger partial charge < -0.3 is 4.42 Å². The maximum atomic E-state index is 9.36. The van der Waals surface area contributed by atoms with Crippen molar-refractivity contribution >= 4 is 11.0 Å². The average Bonchev–Trinajstić information content (AvgIpc) is 2.66. The van der Waals surface area contributed by atoms with Crippen LogP contribution in [0.15, 0.2) is 16.5 Å². The molecule has 1 aromatic heterocycles. The number of benzene rings is 1. The zero-order valence-electron chi connectivity index (χ0n) is 13.5. The minimum Gasteiger partial charge on any atom is -0.445 e. The summed E-state index contributed by atoms with van der Waals surface area (Å²) in [5, 5.41) is 10.4. The summed E-state index contributed by atoms with van der Waals surface area (Å²) in [6.07, 6.45) is 0. The molecule has 0 radical (unpaired) electrons. The molecule has 0 amide bonds. The molecule has 0 unspecified atom stereocenters. The van der Waals surface area contributed by atoms with Crippen LogP contribution in [0.2, 0.25) is 0 Å². The van der Waals surface area contributed by atoms with Crippen LogP contribution in [-0.2, 0) is 10.8 Å². The normalized spacial score (nSPS) is 12.7. The van der Waals surface area contributed by atoms with E-state index in [4.69, 9.17) is 4.42 Å². The van der Waals surface area contributed by atoms with Crippen LogP contribution in [0.4, 0.5) is 0 Å². The fourth-order valence-electron chi connectivity index (χ4n) is 2.63. The Morgan fingerprint density at radius 3 is 2.05 bits per heavy atom. The molecule has 20 heavy (non-hydrogen) atoms. The summed E-state index contributed by atoms with van der Waals surface area (Å²) >= 11 is 0. The van der Waals surface area contributed by atoms with Crippen molar-refractivity contribution < 1.29 is 4.42 Å². The van der Waals surface area contributed by atoms with Gasteiger partial charge in [-0.2, -0.15) is 5.26 Å². The molecule has 2 rings (SSSR count). The highest BCUT2D eigenvalue weighted by atomic mass is 16.3. The van der Waals surface area contributed by atoms with E-state index < -0.39 is 0 Å². The Labute approximate surface area is 121 Å². The van der Waals surface area contributed by atoms with Crippen LogP contribution in [-0.4, -0.2) is 0 Å². The molecule has 0 fully saturated rings. The smallest absolute Gasteiger partial charge is 0.208 e. The molecule has 0 bridgehead atoms. The minimum absolute atomic E-state index is 0.0815. The van der Waals surface area contributed by atoms with Gasteiger partial charge in [0.1, 0.15) is 11.7 Å². The second-order valence-electron chi connectivity index (χ2n) is 7.59. The van der Waals surface area contributed by atoms with Crippen molar-refractivity contribution in [3.63, 3.8) is 0 Å². The lowest BCUT2D eigenvalue weighted by Crippen LogP contribution is -2.14. The molecule has 0 atom stereocenters. The van der Waals surface area contributed by atoms with E-state index in [1.54, 1.807) is 0 Å². The van der Waals surface area contributed by atoms with Crippen molar-refractivity contribution in [3.8, 4) is 6.07 Å². The Bertz CT molecular complexity index is 700. The van der Waals surface area contributed by atoms with Crippen LogP contribution in [0.25, 0.3) is 11.0 Å². The molecule has 2 aromatic rings. The first-order valence-electron chi connectivity index (χ1n) is 7.04. The third kappa shape index (κ3) is 2.33. The van der Waals surface area contributed by atoms with Gasteiger partial charge >= 0.3 is 0 Å². The van der Waals surface area contributed by atoms with Gasteiger partial charge in [0.05, 0.1) is 0 Å². The Hall–Kier alpha value is -1.75.